The lowest BCUT2D eigenvalue weighted by Gasteiger charge is -2.45. The monoisotopic (exact) mass is 606 g/mol. The fraction of sp³-hybridized carbons (Fsp3) is 0.742. The Bertz CT molecular complexity index is 1090. The summed E-state index contributed by atoms with van der Waals surface area (Å²) < 4.78 is 89.7. The molecule has 0 aromatic rings. The lowest BCUT2D eigenvalue weighted by molar-refractivity contribution is -0.347. The number of esters is 2. The Balaban J connectivity index is 1.50. The highest BCUT2D eigenvalue weighted by Gasteiger charge is 2.69. The summed E-state index contributed by atoms with van der Waals surface area (Å²) in [5.74, 6) is -0.399. The largest absolute Gasteiger partial charge is 0.462 e. The van der Waals surface area contributed by atoms with E-state index in [0.717, 1.165) is 56.6 Å². The van der Waals surface area contributed by atoms with Gasteiger partial charge in [0.15, 0.2) is 0 Å². The van der Waals surface area contributed by atoms with Crippen LogP contribution >= 0.6 is 0 Å². The molecule has 5 nitrogen and oxygen atoms in total. The molecule has 0 radical (unpaired) electrons. The number of hydrogen-bond donors (Lipinski definition) is 1. The van der Waals surface area contributed by atoms with Crippen molar-refractivity contribution in [2.75, 3.05) is 0 Å². The fourth-order valence-electron chi connectivity index (χ4n) is 8.05. The van der Waals surface area contributed by atoms with Crippen LogP contribution in [0.5, 0.6) is 0 Å². The lowest BCUT2D eigenvalue weighted by Crippen LogP contribution is -2.55. The van der Waals surface area contributed by atoms with E-state index in [9.17, 15) is 41.0 Å². The van der Waals surface area contributed by atoms with Gasteiger partial charge in [0.25, 0.3) is 5.60 Å². The standard InChI is InChI=1S/C31H40F6O5/c1-19(38)41-23-16-21(17-24(18-23)42-20(2)39)7-8-22-6-4-11-27(3)25(22)9-10-26(27)28(14-15-28)12-5-13-29(40,30(32,33)34)31(35,36)37/h5,7-8,13,23-26,40H,4,6,9-12,14-18H2,1-3H3/b13-5+,21-7?,22-8+/t23-,24?,25?,26?,27+/m1/s1. The second-order valence-corrected chi connectivity index (χ2v) is 12.9. The van der Waals surface area contributed by atoms with E-state index in [1.54, 1.807) is 0 Å². The lowest BCUT2D eigenvalue weighted by atomic mass is 9.59. The summed E-state index contributed by atoms with van der Waals surface area (Å²) in [4.78, 5) is 23.1. The number of fused-ring (bicyclic) bond motifs is 1. The highest BCUT2D eigenvalue weighted by atomic mass is 19.4. The number of ether oxygens (including phenoxy) is 2. The summed E-state index contributed by atoms with van der Waals surface area (Å²) in [6.07, 6.45) is -0.0200. The molecule has 4 rings (SSSR count). The molecule has 4 saturated carbocycles. The SMILES string of the molecule is CC(=O)OC1CC(=C/C=C2\CCC[C@@]3(C)C2CCC3C2(C/C=C/C(O)(C(F)(F)F)C(F)(F)F)CC2)C[C@@H](OC(C)=O)C1. The van der Waals surface area contributed by atoms with Crippen molar-refractivity contribution in [3.8, 4) is 0 Å². The molecule has 11 heteroatoms. The van der Waals surface area contributed by atoms with E-state index in [-0.39, 0.29) is 47.4 Å². The van der Waals surface area contributed by atoms with Crippen LogP contribution < -0.4 is 0 Å². The quantitative estimate of drug-likeness (QED) is 0.183. The molecule has 236 valence electrons. The van der Waals surface area contributed by atoms with Crippen LogP contribution in [0, 0.1) is 22.7 Å². The van der Waals surface area contributed by atoms with Crippen molar-refractivity contribution in [1.29, 1.82) is 0 Å². The van der Waals surface area contributed by atoms with Crippen LogP contribution in [0.1, 0.15) is 91.4 Å². The number of aliphatic hydroxyl groups is 1. The van der Waals surface area contributed by atoms with Crippen LogP contribution in [0.15, 0.2) is 35.5 Å². The molecule has 4 aliphatic rings. The van der Waals surface area contributed by atoms with E-state index in [4.69, 9.17) is 9.47 Å². The molecule has 0 saturated heterocycles. The van der Waals surface area contributed by atoms with Gasteiger partial charge in [0.1, 0.15) is 12.2 Å². The van der Waals surface area contributed by atoms with Gasteiger partial charge in [-0.3, -0.25) is 9.59 Å². The zero-order valence-corrected chi connectivity index (χ0v) is 24.2. The predicted octanol–water partition coefficient (Wildman–Crippen LogP) is 7.69. The van der Waals surface area contributed by atoms with Crippen molar-refractivity contribution in [2.45, 2.75) is 122 Å². The highest BCUT2D eigenvalue weighted by molar-refractivity contribution is 5.67. The van der Waals surface area contributed by atoms with E-state index in [2.05, 4.69) is 13.0 Å². The predicted molar refractivity (Wildman–Crippen MR) is 142 cm³/mol. The minimum Gasteiger partial charge on any atom is -0.462 e. The van der Waals surface area contributed by atoms with Crippen LogP contribution in [0.25, 0.3) is 0 Å². The minimum absolute atomic E-state index is 0.0621. The number of hydrogen-bond acceptors (Lipinski definition) is 5. The summed E-state index contributed by atoms with van der Waals surface area (Å²) in [6, 6.07) is 0. The van der Waals surface area contributed by atoms with Gasteiger partial charge in [-0.25, -0.2) is 0 Å². The first kappa shape index (κ1) is 32.6. The van der Waals surface area contributed by atoms with Crippen molar-refractivity contribution >= 4 is 11.9 Å². The van der Waals surface area contributed by atoms with Gasteiger partial charge in [-0.1, -0.05) is 36.3 Å². The zero-order valence-electron chi connectivity index (χ0n) is 24.2. The van der Waals surface area contributed by atoms with Gasteiger partial charge in [-0.15, -0.1) is 0 Å². The zero-order chi connectivity index (χ0) is 31.1. The maximum atomic E-state index is 13.1. The van der Waals surface area contributed by atoms with Crippen molar-refractivity contribution in [2.24, 2.45) is 22.7 Å². The third-order valence-corrected chi connectivity index (χ3v) is 10.0. The molecule has 5 atom stereocenters. The Morgan fingerprint density at radius 1 is 0.929 bits per heavy atom. The summed E-state index contributed by atoms with van der Waals surface area (Å²) in [5.41, 5.74) is -3.08. The molecule has 0 heterocycles. The van der Waals surface area contributed by atoms with Crippen molar-refractivity contribution in [3.63, 3.8) is 0 Å². The topological polar surface area (TPSA) is 72.8 Å². The highest BCUT2D eigenvalue weighted by Crippen LogP contribution is 2.70. The molecule has 0 bridgehead atoms. The summed E-state index contributed by atoms with van der Waals surface area (Å²) in [7, 11) is 0. The Labute approximate surface area is 242 Å². The Morgan fingerprint density at radius 3 is 2.00 bits per heavy atom. The molecule has 0 aliphatic heterocycles. The molecule has 4 aliphatic carbocycles. The van der Waals surface area contributed by atoms with Crippen molar-refractivity contribution in [3.05, 3.63) is 35.5 Å². The smallest absolute Gasteiger partial charge is 0.429 e. The summed E-state index contributed by atoms with van der Waals surface area (Å²) >= 11 is 0. The molecule has 0 aromatic carbocycles. The van der Waals surface area contributed by atoms with Gasteiger partial charge in [-0.05, 0) is 80.1 Å². The molecule has 3 unspecified atom stereocenters. The van der Waals surface area contributed by atoms with Crippen LogP contribution in [0.3, 0.4) is 0 Å². The average molecular weight is 607 g/mol. The maximum absolute atomic E-state index is 13.1. The minimum atomic E-state index is -5.87. The van der Waals surface area contributed by atoms with E-state index < -0.39 is 29.9 Å². The molecule has 0 amide bonds. The number of rotatable bonds is 7. The van der Waals surface area contributed by atoms with Gasteiger partial charge >= 0.3 is 24.3 Å². The third kappa shape index (κ3) is 6.60. The van der Waals surface area contributed by atoms with Gasteiger partial charge < -0.3 is 14.6 Å². The second kappa shape index (κ2) is 11.7. The van der Waals surface area contributed by atoms with Crippen LogP contribution in [0.4, 0.5) is 26.3 Å². The first-order valence-electron chi connectivity index (χ1n) is 14.7. The molecule has 0 spiro atoms. The van der Waals surface area contributed by atoms with Gasteiger partial charge in [-0.2, -0.15) is 26.3 Å². The summed E-state index contributed by atoms with van der Waals surface area (Å²) in [6.45, 7) is 4.89. The fourth-order valence-corrected chi connectivity index (χ4v) is 8.05. The van der Waals surface area contributed by atoms with E-state index >= 15 is 0 Å². The third-order valence-electron chi connectivity index (χ3n) is 10.0. The first-order chi connectivity index (χ1) is 19.4. The van der Waals surface area contributed by atoms with Crippen LogP contribution in [-0.2, 0) is 19.1 Å². The maximum Gasteiger partial charge on any atom is 0.429 e. The Kier molecular flexibility index (Phi) is 9.05. The van der Waals surface area contributed by atoms with Crippen molar-refractivity contribution < 1.29 is 50.5 Å². The Hall–Kier alpha value is -2.30. The molecule has 0 aromatic heterocycles. The van der Waals surface area contributed by atoms with Crippen LogP contribution in [-0.4, -0.2) is 47.2 Å². The normalized spacial score (nSPS) is 33.6. The van der Waals surface area contributed by atoms with E-state index in [1.807, 2.05) is 6.08 Å². The van der Waals surface area contributed by atoms with Gasteiger partial charge in [0.05, 0.1) is 0 Å². The van der Waals surface area contributed by atoms with Crippen LogP contribution in [0.2, 0.25) is 0 Å². The molecule has 1 N–H and O–H groups in total. The average Bonchev–Trinajstić information content (AvgIpc) is 3.52. The number of carbonyl (C=O) groups is 2. The summed E-state index contributed by atoms with van der Waals surface area (Å²) in [5, 5.41) is 9.53. The van der Waals surface area contributed by atoms with Crippen molar-refractivity contribution in [1.82, 2.24) is 0 Å². The van der Waals surface area contributed by atoms with Gasteiger partial charge in [0.2, 0.25) is 0 Å². The Morgan fingerprint density at radius 2 is 1.50 bits per heavy atom. The molecular formula is C31H40F6O5. The van der Waals surface area contributed by atoms with E-state index in [0.29, 0.717) is 19.3 Å². The van der Waals surface area contributed by atoms with Gasteiger partial charge in [0, 0.05) is 33.1 Å². The molecule has 4 fully saturated rings. The first-order valence-corrected chi connectivity index (χ1v) is 14.7. The molecular weight excluding hydrogens is 566 g/mol. The van der Waals surface area contributed by atoms with E-state index in [1.165, 1.54) is 19.4 Å². The number of carbonyl (C=O) groups excluding carboxylic acids is 2. The number of allylic oxidation sites excluding steroid dienone is 4. The number of alkyl halides is 6. The number of halogens is 6. The second-order valence-electron chi connectivity index (χ2n) is 12.9. The molecule has 42 heavy (non-hydrogen) atoms.